The van der Waals surface area contributed by atoms with Gasteiger partial charge in [-0.05, 0) is 11.5 Å². The van der Waals surface area contributed by atoms with Crippen molar-refractivity contribution < 1.29 is 13.6 Å². The molecule has 1 aromatic rings. The third-order valence-electron chi connectivity index (χ3n) is 2.31. The first-order valence-electron chi connectivity index (χ1n) is 4.23. The number of hydrogen-bond acceptors (Lipinski definition) is 4. The minimum absolute atomic E-state index is 0.136. The Morgan fingerprint density at radius 3 is 2.86 bits per heavy atom. The quantitative estimate of drug-likeness (QED) is 0.775. The lowest BCUT2D eigenvalue weighted by atomic mass is 9.77. The zero-order valence-corrected chi connectivity index (χ0v) is 8.06. The minimum atomic E-state index is -2.62. The van der Waals surface area contributed by atoms with E-state index in [1.165, 1.54) is 0 Å². The van der Waals surface area contributed by atoms with E-state index in [9.17, 15) is 13.6 Å². The predicted octanol–water partition coefficient (Wildman–Crippen LogP) is 1.70. The maximum atomic E-state index is 12.4. The first kappa shape index (κ1) is 9.64. The molecule has 3 nitrogen and oxygen atoms in total. The van der Waals surface area contributed by atoms with Crippen molar-refractivity contribution in [1.82, 2.24) is 9.59 Å². The molecule has 0 unspecified atom stereocenters. The van der Waals surface area contributed by atoms with Gasteiger partial charge in [-0.3, -0.25) is 4.79 Å². The van der Waals surface area contributed by atoms with Crippen LogP contribution in [-0.2, 0) is 11.2 Å². The predicted molar refractivity (Wildman–Crippen MR) is 46.3 cm³/mol. The number of aromatic nitrogens is 2. The summed E-state index contributed by atoms with van der Waals surface area (Å²) in [5.74, 6) is -3.25. The molecule has 76 valence electrons. The lowest BCUT2D eigenvalue weighted by Crippen LogP contribution is -2.40. The van der Waals surface area contributed by atoms with E-state index < -0.39 is 11.8 Å². The molecule has 0 atom stereocenters. The van der Waals surface area contributed by atoms with Gasteiger partial charge in [0, 0.05) is 24.1 Å². The van der Waals surface area contributed by atoms with Crippen LogP contribution in [-0.4, -0.2) is 21.3 Å². The van der Waals surface area contributed by atoms with E-state index in [1.54, 1.807) is 5.38 Å². The summed E-state index contributed by atoms with van der Waals surface area (Å²) in [4.78, 5) is 11.4. The highest BCUT2D eigenvalue weighted by Gasteiger charge is 2.48. The molecule has 2 rings (SSSR count). The Labute approximate surface area is 83.3 Å². The molecule has 0 spiro atoms. The molecule has 0 aromatic carbocycles. The molecule has 1 fully saturated rings. The van der Waals surface area contributed by atoms with Crippen LogP contribution in [0.2, 0.25) is 0 Å². The van der Waals surface area contributed by atoms with Gasteiger partial charge in [-0.1, -0.05) is 4.49 Å². The molecule has 1 aliphatic carbocycles. The maximum absolute atomic E-state index is 12.4. The van der Waals surface area contributed by atoms with Crippen molar-refractivity contribution in [3.8, 4) is 0 Å². The molecule has 1 heterocycles. The number of Topliss-reactive ketones (excluding diaryl/α,β-unsaturated/α-hetero) is 1. The summed E-state index contributed by atoms with van der Waals surface area (Å²) in [6.45, 7) is 0. The Morgan fingerprint density at radius 1 is 1.64 bits per heavy atom. The molecular formula is C8H8F2N2OS. The number of hydrogen-bond donors (Lipinski definition) is 0. The van der Waals surface area contributed by atoms with Crippen LogP contribution < -0.4 is 0 Å². The second-order valence-corrected chi connectivity index (χ2v) is 4.11. The van der Waals surface area contributed by atoms with Gasteiger partial charge in [-0.15, -0.1) is 5.10 Å². The molecule has 1 aromatic heterocycles. The van der Waals surface area contributed by atoms with Crippen LogP contribution in [0.3, 0.4) is 0 Å². The fourth-order valence-electron chi connectivity index (χ4n) is 1.47. The van der Waals surface area contributed by atoms with Crippen LogP contribution >= 0.6 is 11.5 Å². The number of halogens is 2. The van der Waals surface area contributed by atoms with Gasteiger partial charge in [-0.2, -0.15) is 0 Å². The summed E-state index contributed by atoms with van der Waals surface area (Å²) >= 11 is 1.16. The molecule has 0 radical (unpaired) electrons. The van der Waals surface area contributed by atoms with E-state index in [2.05, 4.69) is 9.59 Å². The molecule has 0 bridgehead atoms. The number of nitrogens with zero attached hydrogens (tertiary/aromatic N) is 2. The van der Waals surface area contributed by atoms with Crippen molar-refractivity contribution >= 4 is 17.3 Å². The summed E-state index contributed by atoms with van der Waals surface area (Å²) in [5.41, 5.74) is 0.579. The smallest absolute Gasteiger partial charge is 0.249 e. The summed E-state index contributed by atoms with van der Waals surface area (Å²) in [5, 5.41) is 5.35. The van der Waals surface area contributed by atoms with Crippen molar-refractivity contribution in [3.05, 3.63) is 11.1 Å². The van der Waals surface area contributed by atoms with Crippen LogP contribution in [0.15, 0.2) is 5.38 Å². The number of rotatable bonds is 3. The topological polar surface area (TPSA) is 42.9 Å². The van der Waals surface area contributed by atoms with Gasteiger partial charge >= 0.3 is 0 Å². The Morgan fingerprint density at radius 2 is 2.36 bits per heavy atom. The molecule has 0 amide bonds. The monoisotopic (exact) mass is 218 g/mol. The normalized spacial score (nSPS) is 20.4. The SMILES string of the molecule is O=C(Cc1csnn1)C1CC(F)(F)C1. The largest absolute Gasteiger partial charge is 0.299 e. The fraction of sp³-hybridized carbons (Fsp3) is 0.625. The highest BCUT2D eigenvalue weighted by Crippen LogP contribution is 2.43. The maximum Gasteiger partial charge on any atom is 0.249 e. The average Bonchev–Trinajstić information content (AvgIpc) is 2.52. The van der Waals surface area contributed by atoms with Gasteiger partial charge in [0.05, 0.1) is 12.1 Å². The summed E-state index contributed by atoms with van der Waals surface area (Å²) < 4.78 is 28.5. The van der Waals surface area contributed by atoms with Gasteiger partial charge in [-0.25, -0.2) is 8.78 Å². The second kappa shape index (κ2) is 3.34. The Kier molecular flexibility index (Phi) is 2.30. The molecular weight excluding hydrogens is 210 g/mol. The van der Waals surface area contributed by atoms with Gasteiger partial charge < -0.3 is 0 Å². The summed E-state index contributed by atoms with van der Waals surface area (Å²) in [6, 6.07) is 0. The van der Waals surface area contributed by atoms with E-state index in [1.807, 2.05) is 0 Å². The molecule has 14 heavy (non-hydrogen) atoms. The second-order valence-electron chi connectivity index (χ2n) is 3.50. The van der Waals surface area contributed by atoms with Crippen molar-refractivity contribution in [1.29, 1.82) is 0 Å². The first-order valence-corrected chi connectivity index (χ1v) is 5.07. The number of carbonyl (C=O) groups is 1. The lowest BCUT2D eigenvalue weighted by Gasteiger charge is -2.33. The van der Waals surface area contributed by atoms with E-state index in [-0.39, 0.29) is 25.0 Å². The van der Waals surface area contributed by atoms with Gasteiger partial charge in [0.15, 0.2) is 0 Å². The Bertz CT molecular complexity index is 331. The Hall–Kier alpha value is -0.910. The van der Waals surface area contributed by atoms with Crippen LogP contribution in [0, 0.1) is 5.92 Å². The van der Waals surface area contributed by atoms with Gasteiger partial charge in [0.2, 0.25) is 5.92 Å². The van der Waals surface area contributed by atoms with E-state index in [4.69, 9.17) is 0 Å². The van der Waals surface area contributed by atoms with Crippen LogP contribution in [0.5, 0.6) is 0 Å². The molecule has 0 aliphatic heterocycles. The standard InChI is InChI=1S/C8H8F2N2OS/c9-8(10)2-5(3-8)7(13)1-6-4-14-12-11-6/h4-5H,1-3H2. The van der Waals surface area contributed by atoms with Crippen molar-refractivity contribution in [3.63, 3.8) is 0 Å². The molecule has 0 N–H and O–H groups in total. The number of alkyl halides is 2. The zero-order chi connectivity index (χ0) is 10.2. The molecule has 6 heteroatoms. The first-order chi connectivity index (χ1) is 6.57. The van der Waals surface area contributed by atoms with E-state index in [0.717, 1.165) is 11.5 Å². The Balaban J connectivity index is 1.86. The summed E-state index contributed by atoms with van der Waals surface area (Å²) in [6.07, 6.45) is -0.468. The highest BCUT2D eigenvalue weighted by atomic mass is 32.1. The zero-order valence-electron chi connectivity index (χ0n) is 7.24. The van der Waals surface area contributed by atoms with Gasteiger partial charge in [0.1, 0.15) is 5.78 Å². The third kappa shape index (κ3) is 1.95. The van der Waals surface area contributed by atoms with Crippen LogP contribution in [0.1, 0.15) is 18.5 Å². The van der Waals surface area contributed by atoms with Crippen molar-refractivity contribution in [2.24, 2.45) is 5.92 Å². The highest BCUT2D eigenvalue weighted by molar-refractivity contribution is 7.03. The minimum Gasteiger partial charge on any atom is -0.299 e. The lowest BCUT2D eigenvalue weighted by molar-refractivity contribution is -0.147. The van der Waals surface area contributed by atoms with Crippen molar-refractivity contribution in [2.45, 2.75) is 25.2 Å². The third-order valence-corrected chi connectivity index (χ3v) is 2.86. The number of ketones is 1. The molecule has 1 saturated carbocycles. The summed E-state index contributed by atoms with van der Waals surface area (Å²) in [7, 11) is 0. The van der Waals surface area contributed by atoms with Crippen LogP contribution in [0.25, 0.3) is 0 Å². The fourth-order valence-corrected chi connectivity index (χ4v) is 1.92. The number of carbonyl (C=O) groups excluding carboxylic acids is 1. The molecule has 0 saturated heterocycles. The van der Waals surface area contributed by atoms with E-state index >= 15 is 0 Å². The van der Waals surface area contributed by atoms with Crippen molar-refractivity contribution in [2.75, 3.05) is 0 Å². The average molecular weight is 218 g/mol. The molecule has 1 aliphatic rings. The van der Waals surface area contributed by atoms with Crippen LogP contribution in [0.4, 0.5) is 8.78 Å². The van der Waals surface area contributed by atoms with E-state index in [0.29, 0.717) is 5.69 Å². The van der Waals surface area contributed by atoms with Gasteiger partial charge in [0.25, 0.3) is 0 Å².